The van der Waals surface area contributed by atoms with Crippen LogP contribution in [0.15, 0.2) is 47.3 Å². The molecule has 170 valence electrons. The Bertz CT molecular complexity index is 1420. The zero-order valence-electron chi connectivity index (χ0n) is 18.5. The van der Waals surface area contributed by atoms with Crippen molar-refractivity contribution in [3.8, 4) is 28.6 Å². The number of amides is 1. The minimum absolute atomic E-state index is 0.0618. The first kappa shape index (κ1) is 22.0. The molecule has 2 aromatic carbocycles. The fourth-order valence-corrected chi connectivity index (χ4v) is 3.53. The van der Waals surface area contributed by atoms with Crippen LogP contribution in [0.1, 0.15) is 24.3 Å². The average Bonchev–Trinajstić information content (AvgIpc) is 3.03. The molecule has 4 aromatic rings. The van der Waals surface area contributed by atoms with Crippen LogP contribution in [0.4, 0.5) is 4.39 Å². The van der Waals surface area contributed by atoms with Gasteiger partial charge in [-0.1, -0.05) is 0 Å². The lowest BCUT2D eigenvalue weighted by atomic mass is 10.1. The molecule has 0 unspecified atom stereocenters. The van der Waals surface area contributed by atoms with Gasteiger partial charge in [-0.25, -0.2) is 23.7 Å². The van der Waals surface area contributed by atoms with Crippen molar-refractivity contribution in [3.05, 3.63) is 64.5 Å². The van der Waals surface area contributed by atoms with Crippen LogP contribution in [0.2, 0.25) is 0 Å². The number of methoxy groups -OCH3 is 1. The van der Waals surface area contributed by atoms with Crippen molar-refractivity contribution in [2.24, 2.45) is 12.8 Å². The number of nitrogens with two attached hydrogens (primary N) is 1. The lowest BCUT2D eigenvalue weighted by Gasteiger charge is -2.14. The smallest absolute Gasteiger partial charge is 0.334 e. The Hall–Kier alpha value is -4.21. The topological polar surface area (TPSA) is 114 Å². The van der Waals surface area contributed by atoms with Crippen LogP contribution < -0.4 is 20.9 Å². The van der Waals surface area contributed by atoms with E-state index in [1.54, 1.807) is 18.2 Å². The van der Waals surface area contributed by atoms with E-state index in [0.29, 0.717) is 22.7 Å². The largest absolute Gasteiger partial charge is 0.493 e. The zero-order valence-corrected chi connectivity index (χ0v) is 18.5. The molecule has 10 heteroatoms. The molecule has 33 heavy (non-hydrogen) atoms. The van der Waals surface area contributed by atoms with Gasteiger partial charge in [-0.15, -0.1) is 0 Å². The summed E-state index contributed by atoms with van der Waals surface area (Å²) in [4.78, 5) is 34.2. The number of carbonyl (C=O) groups excluding carboxylic acids is 1. The Morgan fingerprint density at radius 1 is 1.09 bits per heavy atom. The average molecular weight is 451 g/mol. The van der Waals surface area contributed by atoms with Gasteiger partial charge in [-0.2, -0.15) is 0 Å². The molecule has 9 nitrogen and oxygen atoms in total. The summed E-state index contributed by atoms with van der Waals surface area (Å²) in [5.74, 6) is -0.115. The number of aromatic nitrogens is 4. The minimum Gasteiger partial charge on any atom is -0.493 e. The van der Waals surface area contributed by atoms with Crippen molar-refractivity contribution >= 4 is 17.1 Å². The summed E-state index contributed by atoms with van der Waals surface area (Å²) in [6, 6.07) is 10.5. The Morgan fingerprint density at radius 3 is 2.39 bits per heavy atom. The third kappa shape index (κ3) is 3.91. The molecule has 0 bridgehead atoms. The van der Waals surface area contributed by atoms with Gasteiger partial charge in [-0.05, 0) is 56.3 Å². The highest BCUT2D eigenvalue weighted by atomic mass is 19.1. The van der Waals surface area contributed by atoms with Crippen molar-refractivity contribution in [2.45, 2.75) is 20.0 Å². The maximum absolute atomic E-state index is 13.5. The number of rotatable bonds is 6. The molecule has 1 amide bonds. The second-order valence-electron chi connectivity index (χ2n) is 7.62. The van der Waals surface area contributed by atoms with Crippen molar-refractivity contribution in [3.63, 3.8) is 0 Å². The monoisotopic (exact) mass is 451 g/mol. The summed E-state index contributed by atoms with van der Waals surface area (Å²) in [6.07, 6.45) is -0.0618. The van der Waals surface area contributed by atoms with E-state index in [-0.39, 0.29) is 28.8 Å². The van der Waals surface area contributed by atoms with Crippen molar-refractivity contribution < 1.29 is 18.7 Å². The number of carbonyl (C=O) groups is 1. The first-order chi connectivity index (χ1) is 15.7. The third-order valence-corrected chi connectivity index (χ3v) is 4.99. The van der Waals surface area contributed by atoms with Gasteiger partial charge in [0.1, 0.15) is 11.3 Å². The van der Waals surface area contributed by atoms with Gasteiger partial charge in [0.15, 0.2) is 28.7 Å². The van der Waals surface area contributed by atoms with Crippen LogP contribution in [0.3, 0.4) is 0 Å². The fourth-order valence-electron chi connectivity index (χ4n) is 3.53. The molecule has 2 aromatic heterocycles. The first-order valence-electron chi connectivity index (χ1n) is 10.1. The number of fused-ring (bicyclic) bond motifs is 1. The number of ether oxygens (including phenoxy) is 2. The normalized spacial score (nSPS) is 11.2. The lowest BCUT2D eigenvalue weighted by Crippen LogP contribution is -2.21. The Kier molecular flexibility index (Phi) is 5.59. The predicted molar refractivity (Wildman–Crippen MR) is 120 cm³/mol. The third-order valence-electron chi connectivity index (χ3n) is 4.99. The summed E-state index contributed by atoms with van der Waals surface area (Å²) in [5, 5.41) is 0. The number of imidazole rings is 1. The number of aryl methyl sites for hydroxylation is 1. The molecule has 0 fully saturated rings. The number of primary amides is 1. The van der Waals surface area contributed by atoms with E-state index >= 15 is 0 Å². The molecule has 2 N–H and O–H groups in total. The Balaban J connectivity index is 2.00. The molecular weight excluding hydrogens is 429 g/mol. The van der Waals surface area contributed by atoms with Crippen molar-refractivity contribution in [1.29, 1.82) is 0 Å². The second-order valence-corrected chi connectivity index (χ2v) is 7.62. The molecule has 0 saturated carbocycles. The number of nitrogens with zero attached hydrogens (tertiary/aromatic N) is 4. The van der Waals surface area contributed by atoms with Crippen molar-refractivity contribution in [1.82, 2.24) is 19.1 Å². The number of hydrogen-bond donors (Lipinski definition) is 1. The van der Waals surface area contributed by atoms with Crippen LogP contribution in [-0.4, -0.2) is 38.2 Å². The molecule has 4 rings (SSSR count). The van der Waals surface area contributed by atoms with Gasteiger partial charge in [0.25, 0.3) is 5.91 Å². The van der Waals surface area contributed by atoms with Crippen LogP contribution in [0.5, 0.6) is 11.5 Å². The molecule has 0 spiro atoms. The lowest BCUT2D eigenvalue weighted by molar-refractivity contribution is 0.0997. The van der Waals surface area contributed by atoms with Gasteiger partial charge in [0, 0.05) is 12.6 Å². The Labute approximate surface area is 188 Å². The van der Waals surface area contributed by atoms with E-state index < -0.39 is 17.4 Å². The summed E-state index contributed by atoms with van der Waals surface area (Å²) in [7, 11) is 3.00. The van der Waals surface area contributed by atoms with Crippen LogP contribution in [0.25, 0.3) is 28.2 Å². The number of benzene rings is 2. The molecule has 2 heterocycles. The molecule has 0 saturated heterocycles. The van der Waals surface area contributed by atoms with Gasteiger partial charge < -0.3 is 15.2 Å². The van der Waals surface area contributed by atoms with Crippen LogP contribution in [-0.2, 0) is 7.05 Å². The molecule has 0 aliphatic heterocycles. The van der Waals surface area contributed by atoms with Gasteiger partial charge in [0.05, 0.1) is 18.9 Å². The number of hydrogen-bond acceptors (Lipinski definition) is 6. The first-order valence-corrected chi connectivity index (χ1v) is 10.1. The van der Waals surface area contributed by atoms with Gasteiger partial charge >= 0.3 is 5.69 Å². The molecular formula is C23H22FN5O4. The van der Waals surface area contributed by atoms with E-state index in [4.69, 9.17) is 15.2 Å². The van der Waals surface area contributed by atoms with E-state index in [9.17, 15) is 14.0 Å². The van der Waals surface area contributed by atoms with E-state index in [1.807, 2.05) is 13.8 Å². The number of halogens is 1. The van der Waals surface area contributed by atoms with E-state index in [2.05, 4.69) is 9.97 Å². The molecule has 0 aliphatic carbocycles. The maximum atomic E-state index is 13.5. The quantitative estimate of drug-likeness (QED) is 0.482. The summed E-state index contributed by atoms with van der Waals surface area (Å²) in [5.41, 5.74) is 6.24. The predicted octanol–water partition coefficient (Wildman–Crippen LogP) is 2.82. The summed E-state index contributed by atoms with van der Waals surface area (Å²) in [6.45, 7) is 3.79. The zero-order chi connectivity index (χ0) is 23.9. The summed E-state index contributed by atoms with van der Waals surface area (Å²) >= 11 is 0. The van der Waals surface area contributed by atoms with Gasteiger partial charge in [-0.3, -0.25) is 9.36 Å². The molecule has 0 aliphatic rings. The van der Waals surface area contributed by atoms with Crippen LogP contribution >= 0.6 is 0 Å². The summed E-state index contributed by atoms with van der Waals surface area (Å²) < 4.78 is 27.2. The highest BCUT2D eigenvalue weighted by molar-refractivity contribution is 6.02. The fraction of sp³-hybridized carbons (Fsp3) is 0.217. The highest BCUT2D eigenvalue weighted by Gasteiger charge is 2.23. The van der Waals surface area contributed by atoms with Crippen LogP contribution in [0, 0.1) is 5.82 Å². The SMILES string of the molecule is COc1cc(-c2nc(C(N)=O)c3c(n2)n(-c2ccc(F)cc2)c(=O)n3C)ccc1OC(C)C. The molecule has 0 radical (unpaired) electrons. The highest BCUT2D eigenvalue weighted by Crippen LogP contribution is 2.33. The minimum atomic E-state index is -0.817. The van der Waals surface area contributed by atoms with E-state index in [1.165, 1.54) is 47.6 Å². The van der Waals surface area contributed by atoms with Gasteiger partial charge in [0.2, 0.25) is 0 Å². The van der Waals surface area contributed by atoms with Crippen molar-refractivity contribution in [2.75, 3.05) is 7.11 Å². The second kappa shape index (κ2) is 8.38. The standard InChI is InChI=1S/C23H22FN5O4/c1-12(2)33-16-10-5-13(11-17(16)32-4)21-26-18(20(25)30)19-22(27-21)29(23(31)28(19)3)15-8-6-14(24)7-9-15/h5-12H,1-4H3,(H2,25,30). The maximum Gasteiger partial charge on any atom is 0.334 e. The Morgan fingerprint density at radius 2 is 1.79 bits per heavy atom. The molecule has 0 atom stereocenters. The van der Waals surface area contributed by atoms with E-state index in [0.717, 1.165) is 0 Å².